The first-order chi connectivity index (χ1) is 9.37. The van der Waals surface area contributed by atoms with Crippen LogP contribution in [0.5, 0.6) is 0 Å². The van der Waals surface area contributed by atoms with Crippen molar-refractivity contribution in [1.82, 2.24) is 10.2 Å². The number of halogens is 7. The normalized spacial score (nSPS) is 17.3. The van der Waals surface area contributed by atoms with E-state index in [1.54, 1.807) is 4.90 Å². The summed E-state index contributed by atoms with van der Waals surface area (Å²) in [6.07, 6.45) is -5.18. The maximum atomic E-state index is 13.2. The van der Waals surface area contributed by atoms with Crippen molar-refractivity contribution in [3.8, 4) is 0 Å². The van der Waals surface area contributed by atoms with Gasteiger partial charge in [0.05, 0.1) is 10.9 Å². The monoisotopic (exact) mass is 426 g/mol. The molecule has 0 bridgehead atoms. The largest absolute Gasteiger partial charge is 0.390 e. The number of piperazine rings is 1. The topological polar surface area (TPSA) is 15.3 Å². The maximum Gasteiger partial charge on any atom is 0.390 e. The Balaban J connectivity index is 0.00000220. The Morgan fingerprint density at radius 1 is 1.18 bits per heavy atom. The summed E-state index contributed by atoms with van der Waals surface area (Å²) >= 11 is 3.03. The van der Waals surface area contributed by atoms with Gasteiger partial charge in [-0.1, -0.05) is 6.07 Å². The molecule has 1 saturated heterocycles. The molecular formula is C13H17BrCl2F4N2. The Kier molecular flexibility index (Phi) is 9.24. The van der Waals surface area contributed by atoms with Gasteiger partial charge in [0, 0.05) is 32.2 Å². The molecule has 1 atom stereocenters. The van der Waals surface area contributed by atoms with Crippen LogP contribution in [0.25, 0.3) is 0 Å². The van der Waals surface area contributed by atoms with Gasteiger partial charge < -0.3 is 5.32 Å². The second-order valence-corrected chi connectivity index (χ2v) is 5.65. The highest BCUT2D eigenvalue weighted by Gasteiger charge is 2.36. The fourth-order valence-corrected chi connectivity index (χ4v) is 2.79. The van der Waals surface area contributed by atoms with E-state index in [1.165, 1.54) is 18.2 Å². The van der Waals surface area contributed by atoms with E-state index in [4.69, 9.17) is 0 Å². The number of nitrogens with zero attached hydrogens (tertiary/aromatic N) is 1. The van der Waals surface area contributed by atoms with Crippen LogP contribution in [0.15, 0.2) is 22.7 Å². The summed E-state index contributed by atoms with van der Waals surface area (Å²) in [6, 6.07) is 3.30. The maximum absolute atomic E-state index is 13.2. The van der Waals surface area contributed by atoms with Crippen LogP contribution in [0.4, 0.5) is 17.6 Å². The minimum Gasteiger partial charge on any atom is -0.314 e. The lowest BCUT2D eigenvalue weighted by Gasteiger charge is -2.35. The van der Waals surface area contributed by atoms with Crippen molar-refractivity contribution in [1.29, 1.82) is 0 Å². The molecule has 1 fully saturated rings. The minimum absolute atomic E-state index is 0. The summed E-state index contributed by atoms with van der Waals surface area (Å²) in [7, 11) is 0. The zero-order valence-corrected chi connectivity index (χ0v) is 14.7. The Morgan fingerprint density at radius 2 is 1.77 bits per heavy atom. The summed E-state index contributed by atoms with van der Waals surface area (Å²) in [4.78, 5) is 1.80. The van der Waals surface area contributed by atoms with Gasteiger partial charge in [0.15, 0.2) is 0 Å². The van der Waals surface area contributed by atoms with E-state index in [0.29, 0.717) is 31.7 Å². The number of hydrogen-bond donors (Lipinski definition) is 1. The number of alkyl halides is 3. The zero-order valence-electron chi connectivity index (χ0n) is 11.5. The van der Waals surface area contributed by atoms with Crippen LogP contribution in [-0.2, 0) is 0 Å². The average Bonchev–Trinajstić information content (AvgIpc) is 2.39. The van der Waals surface area contributed by atoms with Crippen molar-refractivity contribution in [2.45, 2.75) is 18.6 Å². The summed E-state index contributed by atoms with van der Waals surface area (Å²) in [5, 5.41) is 3.11. The quantitative estimate of drug-likeness (QED) is 0.722. The van der Waals surface area contributed by atoms with Gasteiger partial charge in [-0.25, -0.2) is 4.39 Å². The van der Waals surface area contributed by atoms with Gasteiger partial charge in [0.1, 0.15) is 5.82 Å². The van der Waals surface area contributed by atoms with E-state index in [1.807, 2.05) is 0 Å². The molecule has 0 aliphatic carbocycles. The Hall–Kier alpha value is -0.0800. The average molecular weight is 428 g/mol. The summed E-state index contributed by atoms with van der Waals surface area (Å²) in [6.45, 7) is 2.43. The van der Waals surface area contributed by atoms with Crippen molar-refractivity contribution >= 4 is 40.7 Å². The van der Waals surface area contributed by atoms with Gasteiger partial charge in [-0.15, -0.1) is 24.8 Å². The summed E-state index contributed by atoms with van der Waals surface area (Å²) in [5.74, 6) is -0.472. The Bertz CT molecular complexity index is 468. The van der Waals surface area contributed by atoms with Crippen molar-refractivity contribution < 1.29 is 17.6 Å². The molecule has 1 aromatic rings. The van der Waals surface area contributed by atoms with Crippen LogP contribution in [0.2, 0.25) is 0 Å². The zero-order chi connectivity index (χ0) is 14.8. The molecule has 1 aromatic carbocycles. The Labute approximate surface area is 147 Å². The molecule has 1 aliphatic heterocycles. The highest BCUT2D eigenvalue weighted by molar-refractivity contribution is 9.10. The molecule has 2 rings (SSSR count). The third kappa shape index (κ3) is 6.20. The SMILES string of the molecule is Cl.Cl.Fc1ccc([C@@H](CC(F)(F)F)N2CCNCC2)cc1Br. The molecule has 2 nitrogen and oxygen atoms in total. The van der Waals surface area contributed by atoms with E-state index in [2.05, 4.69) is 21.2 Å². The fourth-order valence-electron chi connectivity index (χ4n) is 2.39. The van der Waals surface area contributed by atoms with Crippen LogP contribution in [0, 0.1) is 5.82 Å². The van der Waals surface area contributed by atoms with E-state index >= 15 is 0 Å². The van der Waals surface area contributed by atoms with Crippen molar-refractivity contribution in [2.24, 2.45) is 0 Å². The predicted molar refractivity (Wildman–Crippen MR) is 86.5 cm³/mol. The Morgan fingerprint density at radius 3 is 2.27 bits per heavy atom. The second kappa shape index (κ2) is 9.27. The molecule has 1 N–H and O–H groups in total. The number of rotatable bonds is 3. The van der Waals surface area contributed by atoms with Gasteiger partial charge in [-0.3, -0.25) is 4.90 Å². The lowest BCUT2D eigenvalue weighted by Crippen LogP contribution is -2.46. The second-order valence-electron chi connectivity index (χ2n) is 4.79. The predicted octanol–water partition coefficient (Wildman–Crippen LogP) is 4.33. The van der Waals surface area contributed by atoms with E-state index in [0.717, 1.165) is 0 Å². The van der Waals surface area contributed by atoms with E-state index in [-0.39, 0.29) is 29.3 Å². The highest BCUT2D eigenvalue weighted by Crippen LogP contribution is 2.35. The molecule has 9 heteroatoms. The van der Waals surface area contributed by atoms with Crippen LogP contribution in [0.3, 0.4) is 0 Å². The summed E-state index contributed by atoms with van der Waals surface area (Å²) in [5.41, 5.74) is 0.484. The molecule has 22 heavy (non-hydrogen) atoms. The fraction of sp³-hybridized carbons (Fsp3) is 0.538. The first-order valence-corrected chi connectivity index (χ1v) is 7.12. The first kappa shape index (κ1) is 21.9. The van der Waals surface area contributed by atoms with Gasteiger partial charge in [0.2, 0.25) is 0 Å². The molecule has 128 valence electrons. The van der Waals surface area contributed by atoms with Crippen LogP contribution < -0.4 is 5.32 Å². The van der Waals surface area contributed by atoms with Gasteiger partial charge in [0.25, 0.3) is 0 Å². The lowest BCUT2D eigenvalue weighted by molar-refractivity contribution is -0.148. The molecule has 0 saturated carbocycles. The third-order valence-corrected chi connectivity index (χ3v) is 3.95. The standard InChI is InChI=1S/C13H15BrF4N2.2ClH/c14-10-7-9(1-2-11(10)15)12(8-13(16,17)18)20-5-3-19-4-6-20;;/h1-2,7,12,19H,3-6,8H2;2*1H/t12-;;/m1../s1. The minimum atomic E-state index is -4.25. The molecule has 1 heterocycles. The van der Waals surface area contributed by atoms with E-state index in [9.17, 15) is 17.6 Å². The smallest absolute Gasteiger partial charge is 0.314 e. The van der Waals surface area contributed by atoms with Crippen molar-refractivity contribution in [2.75, 3.05) is 26.2 Å². The van der Waals surface area contributed by atoms with Gasteiger partial charge in [-0.05, 0) is 33.6 Å². The molecule has 1 aliphatic rings. The van der Waals surface area contributed by atoms with E-state index < -0.39 is 24.5 Å². The highest BCUT2D eigenvalue weighted by atomic mass is 79.9. The summed E-state index contributed by atoms with van der Waals surface area (Å²) < 4.78 is 51.8. The molecule has 0 amide bonds. The van der Waals surface area contributed by atoms with Crippen LogP contribution in [0.1, 0.15) is 18.0 Å². The van der Waals surface area contributed by atoms with Crippen LogP contribution in [-0.4, -0.2) is 37.3 Å². The van der Waals surface area contributed by atoms with Gasteiger partial charge >= 0.3 is 6.18 Å². The first-order valence-electron chi connectivity index (χ1n) is 6.33. The number of nitrogens with one attached hydrogen (secondary N) is 1. The number of hydrogen-bond acceptors (Lipinski definition) is 2. The lowest BCUT2D eigenvalue weighted by atomic mass is 10.0. The molecule has 0 unspecified atom stereocenters. The number of benzene rings is 1. The van der Waals surface area contributed by atoms with Crippen LogP contribution >= 0.6 is 40.7 Å². The van der Waals surface area contributed by atoms with Gasteiger partial charge in [-0.2, -0.15) is 13.2 Å². The molecule has 0 spiro atoms. The van der Waals surface area contributed by atoms with Crippen molar-refractivity contribution in [3.05, 3.63) is 34.1 Å². The molecule has 0 radical (unpaired) electrons. The molecular weight excluding hydrogens is 411 g/mol. The van der Waals surface area contributed by atoms with Crippen molar-refractivity contribution in [3.63, 3.8) is 0 Å². The third-order valence-electron chi connectivity index (χ3n) is 3.35. The molecule has 0 aromatic heterocycles.